The number of amides is 3. The minimum Gasteiger partial charge on any atom is -0.456 e. The maximum absolute atomic E-state index is 12.6. The lowest BCUT2D eigenvalue weighted by molar-refractivity contribution is -0.147. The predicted molar refractivity (Wildman–Crippen MR) is 119 cm³/mol. The Labute approximate surface area is 188 Å². The standard InChI is InChI=1S/C23H22N4O6/c1-3-26-17-6-4-5-7-18(17)27(23(26)32)11-10-20(29)33-13-19(28)24-14-8-9-15-16(12-14)22(31)25(2)21(15)30/h4-9,12H,3,10-11,13H2,1-2H3,(H,24,28). The smallest absolute Gasteiger partial charge is 0.329 e. The molecule has 0 saturated heterocycles. The van der Waals surface area contributed by atoms with Crippen LogP contribution in [0.25, 0.3) is 11.0 Å². The highest BCUT2D eigenvalue weighted by Gasteiger charge is 2.32. The van der Waals surface area contributed by atoms with Gasteiger partial charge in [0, 0.05) is 25.8 Å². The molecule has 0 atom stereocenters. The Morgan fingerprint density at radius 3 is 2.30 bits per heavy atom. The fourth-order valence-electron chi connectivity index (χ4n) is 3.85. The van der Waals surface area contributed by atoms with Crippen LogP contribution in [0.15, 0.2) is 47.3 Å². The third kappa shape index (κ3) is 4.02. The number of hydrogen-bond donors (Lipinski definition) is 1. The van der Waals surface area contributed by atoms with Crippen LogP contribution in [0.3, 0.4) is 0 Å². The second-order valence-electron chi connectivity index (χ2n) is 7.56. The van der Waals surface area contributed by atoms with Crippen molar-refractivity contribution in [3.63, 3.8) is 0 Å². The molecule has 1 aromatic heterocycles. The number of esters is 1. The van der Waals surface area contributed by atoms with Crippen molar-refractivity contribution in [3.8, 4) is 0 Å². The van der Waals surface area contributed by atoms with Gasteiger partial charge in [0.05, 0.1) is 28.6 Å². The van der Waals surface area contributed by atoms with E-state index in [0.29, 0.717) is 12.2 Å². The van der Waals surface area contributed by atoms with E-state index in [1.807, 2.05) is 31.2 Å². The summed E-state index contributed by atoms with van der Waals surface area (Å²) in [6, 6.07) is 11.7. The van der Waals surface area contributed by atoms with Gasteiger partial charge in [-0.15, -0.1) is 0 Å². The zero-order chi connectivity index (χ0) is 23.7. The van der Waals surface area contributed by atoms with Crippen LogP contribution in [-0.2, 0) is 27.4 Å². The minimum absolute atomic E-state index is 0.0767. The van der Waals surface area contributed by atoms with Gasteiger partial charge in [-0.1, -0.05) is 12.1 Å². The number of aromatic nitrogens is 2. The van der Waals surface area contributed by atoms with Crippen molar-refractivity contribution in [1.29, 1.82) is 0 Å². The first kappa shape index (κ1) is 22.0. The largest absolute Gasteiger partial charge is 0.456 e. The average molecular weight is 450 g/mol. The quantitative estimate of drug-likeness (QED) is 0.432. The molecule has 3 amide bonds. The highest BCUT2D eigenvalue weighted by Crippen LogP contribution is 2.24. The van der Waals surface area contributed by atoms with E-state index in [0.717, 1.165) is 15.9 Å². The van der Waals surface area contributed by atoms with Crippen LogP contribution in [0.4, 0.5) is 5.69 Å². The third-order valence-corrected chi connectivity index (χ3v) is 5.52. The Hall–Kier alpha value is -4.21. The third-order valence-electron chi connectivity index (χ3n) is 5.52. The number of imidazole rings is 1. The SMILES string of the molecule is CCn1c(=O)n(CCC(=O)OCC(=O)Nc2ccc3c(c2)C(=O)N(C)C3=O)c2ccccc21. The monoisotopic (exact) mass is 450 g/mol. The molecule has 10 nitrogen and oxygen atoms in total. The number of fused-ring (bicyclic) bond motifs is 2. The number of para-hydroxylation sites is 2. The number of ether oxygens (including phenoxy) is 1. The molecule has 2 aromatic carbocycles. The zero-order valence-electron chi connectivity index (χ0n) is 18.2. The van der Waals surface area contributed by atoms with Crippen LogP contribution in [0.1, 0.15) is 34.1 Å². The second-order valence-corrected chi connectivity index (χ2v) is 7.56. The summed E-state index contributed by atoms with van der Waals surface area (Å²) in [6.45, 7) is 1.99. The molecule has 1 aliphatic heterocycles. The molecule has 1 N–H and O–H groups in total. The molecule has 0 saturated carbocycles. The van der Waals surface area contributed by atoms with Crippen LogP contribution in [0, 0.1) is 0 Å². The van der Waals surface area contributed by atoms with E-state index in [-0.39, 0.29) is 29.8 Å². The van der Waals surface area contributed by atoms with E-state index in [1.165, 1.54) is 29.8 Å². The summed E-state index contributed by atoms with van der Waals surface area (Å²) < 4.78 is 8.17. The van der Waals surface area contributed by atoms with Crippen molar-refractivity contribution < 1.29 is 23.9 Å². The summed E-state index contributed by atoms with van der Waals surface area (Å²) in [5.74, 6) is -2.06. The van der Waals surface area contributed by atoms with Crippen LogP contribution in [0.2, 0.25) is 0 Å². The van der Waals surface area contributed by atoms with Crippen molar-refractivity contribution >= 4 is 40.4 Å². The summed E-state index contributed by atoms with van der Waals surface area (Å²) in [5.41, 5.74) is 2.09. The summed E-state index contributed by atoms with van der Waals surface area (Å²) in [6.07, 6.45) is -0.0767. The fraction of sp³-hybridized carbons (Fsp3) is 0.261. The molecule has 2 heterocycles. The molecule has 0 bridgehead atoms. The number of benzene rings is 2. The molecule has 3 aromatic rings. The van der Waals surface area contributed by atoms with Gasteiger partial charge in [0.1, 0.15) is 0 Å². The van der Waals surface area contributed by atoms with Gasteiger partial charge >= 0.3 is 11.7 Å². The van der Waals surface area contributed by atoms with Crippen LogP contribution in [0.5, 0.6) is 0 Å². The highest BCUT2D eigenvalue weighted by molar-refractivity contribution is 6.21. The number of nitrogens with zero attached hydrogens (tertiary/aromatic N) is 3. The first-order valence-corrected chi connectivity index (χ1v) is 10.4. The van der Waals surface area contributed by atoms with Crippen molar-refractivity contribution in [1.82, 2.24) is 14.0 Å². The van der Waals surface area contributed by atoms with E-state index in [2.05, 4.69) is 5.32 Å². The number of nitrogens with one attached hydrogen (secondary N) is 1. The Balaban J connectivity index is 1.33. The average Bonchev–Trinajstić information content (AvgIpc) is 3.21. The lowest BCUT2D eigenvalue weighted by atomic mass is 10.1. The summed E-state index contributed by atoms with van der Waals surface area (Å²) >= 11 is 0. The van der Waals surface area contributed by atoms with E-state index in [1.54, 1.807) is 4.57 Å². The van der Waals surface area contributed by atoms with Gasteiger partial charge in [-0.25, -0.2) is 4.79 Å². The van der Waals surface area contributed by atoms with E-state index < -0.39 is 30.3 Å². The topological polar surface area (TPSA) is 120 Å². The van der Waals surface area contributed by atoms with Gasteiger partial charge in [0.25, 0.3) is 17.7 Å². The van der Waals surface area contributed by atoms with Gasteiger partial charge in [-0.2, -0.15) is 0 Å². The molecule has 10 heteroatoms. The Morgan fingerprint density at radius 2 is 1.61 bits per heavy atom. The first-order valence-electron chi connectivity index (χ1n) is 10.4. The van der Waals surface area contributed by atoms with Gasteiger partial charge in [-0.05, 0) is 37.3 Å². The molecule has 4 rings (SSSR count). The van der Waals surface area contributed by atoms with E-state index in [4.69, 9.17) is 4.74 Å². The number of carbonyl (C=O) groups is 4. The Morgan fingerprint density at radius 1 is 0.939 bits per heavy atom. The summed E-state index contributed by atoms with van der Waals surface area (Å²) in [4.78, 5) is 61.9. The molecule has 0 radical (unpaired) electrons. The van der Waals surface area contributed by atoms with Crippen molar-refractivity contribution in [3.05, 3.63) is 64.1 Å². The number of carbonyl (C=O) groups excluding carboxylic acids is 4. The van der Waals surface area contributed by atoms with Gasteiger partial charge < -0.3 is 10.1 Å². The minimum atomic E-state index is -0.623. The molecule has 0 spiro atoms. The lowest BCUT2D eigenvalue weighted by Gasteiger charge is -2.08. The van der Waals surface area contributed by atoms with Crippen LogP contribution >= 0.6 is 0 Å². The van der Waals surface area contributed by atoms with Crippen LogP contribution in [-0.4, -0.2) is 51.4 Å². The van der Waals surface area contributed by atoms with Gasteiger partial charge in [0.2, 0.25) is 0 Å². The second kappa shape index (κ2) is 8.73. The maximum atomic E-state index is 12.6. The number of anilines is 1. The summed E-state index contributed by atoms with van der Waals surface area (Å²) in [5, 5.41) is 2.54. The number of rotatable bonds is 7. The van der Waals surface area contributed by atoms with Gasteiger partial charge in [-0.3, -0.25) is 33.2 Å². The predicted octanol–water partition coefficient (Wildman–Crippen LogP) is 1.62. The molecule has 33 heavy (non-hydrogen) atoms. The maximum Gasteiger partial charge on any atom is 0.329 e. The van der Waals surface area contributed by atoms with Gasteiger partial charge in [0.15, 0.2) is 6.61 Å². The normalized spacial score (nSPS) is 12.8. The molecular formula is C23H22N4O6. The number of aryl methyl sites for hydroxylation is 2. The Bertz CT molecular complexity index is 1350. The summed E-state index contributed by atoms with van der Waals surface area (Å²) in [7, 11) is 1.39. The lowest BCUT2D eigenvalue weighted by Crippen LogP contribution is -2.26. The molecule has 0 fully saturated rings. The number of hydrogen-bond acceptors (Lipinski definition) is 6. The molecular weight excluding hydrogens is 428 g/mol. The van der Waals surface area contributed by atoms with Crippen molar-refractivity contribution in [2.75, 3.05) is 19.0 Å². The molecule has 170 valence electrons. The Kier molecular flexibility index (Phi) is 5.82. The van der Waals surface area contributed by atoms with E-state index in [9.17, 15) is 24.0 Å². The molecule has 0 unspecified atom stereocenters. The molecule has 1 aliphatic rings. The molecule has 0 aliphatic carbocycles. The zero-order valence-corrected chi connectivity index (χ0v) is 18.2. The fourth-order valence-corrected chi connectivity index (χ4v) is 3.85. The highest BCUT2D eigenvalue weighted by atomic mass is 16.5. The van der Waals surface area contributed by atoms with Crippen molar-refractivity contribution in [2.45, 2.75) is 26.4 Å². The van der Waals surface area contributed by atoms with Crippen LogP contribution < -0.4 is 11.0 Å². The van der Waals surface area contributed by atoms with Crippen molar-refractivity contribution in [2.24, 2.45) is 0 Å². The van der Waals surface area contributed by atoms with E-state index >= 15 is 0 Å². The number of imide groups is 1. The first-order chi connectivity index (χ1) is 15.8.